The van der Waals surface area contributed by atoms with Crippen LogP contribution in [-0.2, 0) is 0 Å². The van der Waals surface area contributed by atoms with Gasteiger partial charge >= 0.3 is 0 Å². The fraction of sp³-hybridized carbons (Fsp3) is 0.0435. The van der Waals surface area contributed by atoms with Crippen molar-refractivity contribution in [2.24, 2.45) is 0 Å². The molecule has 0 unspecified atom stereocenters. The normalized spacial score (nSPS) is 12.7. The molecule has 1 aliphatic heterocycles. The molecule has 0 radical (unpaired) electrons. The summed E-state index contributed by atoms with van der Waals surface area (Å²) in [5, 5.41) is 0.579. The Morgan fingerprint density at radius 1 is 0.931 bits per heavy atom. The summed E-state index contributed by atoms with van der Waals surface area (Å²) < 4.78 is 13.4. The Morgan fingerprint density at radius 3 is 2.59 bits per heavy atom. The Balaban J connectivity index is 1.66. The summed E-state index contributed by atoms with van der Waals surface area (Å²) in [6, 6.07) is 20.7. The van der Waals surface area contributed by atoms with E-state index in [1.165, 1.54) is 0 Å². The van der Waals surface area contributed by atoms with Crippen molar-refractivity contribution in [3.05, 3.63) is 92.9 Å². The summed E-state index contributed by atoms with van der Waals surface area (Å²) in [6.45, 7) is 0.234. The molecule has 0 bridgehead atoms. The number of ether oxygens (including phenoxy) is 2. The third-order valence-corrected chi connectivity index (χ3v) is 5.24. The summed E-state index contributed by atoms with van der Waals surface area (Å²) in [5.74, 6) is 2.00. The summed E-state index contributed by atoms with van der Waals surface area (Å²) in [6.07, 6.45) is 3.75. The first kappa shape index (κ1) is 17.7. The topological polar surface area (TPSA) is 53.4 Å². The van der Waals surface area contributed by atoms with Crippen molar-refractivity contribution >= 4 is 39.0 Å². The number of para-hydroxylation sites is 1. The maximum absolute atomic E-state index is 13.2. The minimum Gasteiger partial charge on any atom is -0.454 e. The first-order valence-electron chi connectivity index (χ1n) is 9.04. The van der Waals surface area contributed by atoms with Gasteiger partial charge in [0.05, 0.1) is 16.6 Å². The van der Waals surface area contributed by atoms with E-state index in [1.54, 1.807) is 10.6 Å². The first-order chi connectivity index (χ1) is 14.2. The molecule has 142 valence electrons. The minimum absolute atomic E-state index is 0.108. The van der Waals surface area contributed by atoms with Gasteiger partial charge in [-0.2, -0.15) is 0 Å². The second kappa shape index (κ2) is 7.22. The molecule has 6 heteroatoms. The van der Waals surface area contributed by atoms with Crippen LogP contribution < -0.4 is 15.0 Å². The Labute approximate surface area is 175 Å². The summed E-state index contributed by atoms with van der Waals surface area (Å²) in [7, 11) is 0. The number of nitrogens with zero attached hydrogens (tertiary/aromatic N) is 2. The molecular weight excluding hydrogens is 432 g/mol. The molecule has 1 aromatic heterocycles. The molecule has 1 aliphatic rings. The van der Waals surface area contributed by atoms with Gasteiger partial charge in [0.25, 0.3) is 5.56 Å². The van der Waals surface area contributed by atoms with Gasteiger partial charge in [0, 0.05) is 4.47 Å². The Hall–Kier alpha value is -3.38. The number of fused-ring (bicyclic) bond motifs is 2. The van der Waals surface area contributed by atoms with Gasteiger partial charge in [0.1, 0.15) is 5.82 Å². The molecular formula is C23H15BrN2O3. The molecule has 5 rings (SSSR count). The van der Waals surface area contributed by atoms with Gasteiger partial charge in [-0.15, -0.1) is 0 Å². The van der Waals surface area contributed by atoms with E-state index in [-0.39, 0.29) is 12.4 Å². The van der Waals surface area contributed by atoms with Crippen molar-refractivity contribution in [3.63, 3.8) is 0 Å². The minimum atomic E-state index is -0.108. The first-order valence-corrected chi connectivity index (χ1v) is 9.84. The molecule has 0 aliphatic carbocycles. The van der Waals surface area contributed by atoms with Crippen LogP contribution >= 0.6 is 15.9 Å². The van der Waals surface area contributed by atoms with E-state index < -0.39 is 0 Å². The lowest BCUT2D eigenvalue weighted by molar-refractivity contribution is 0.174. The van der Waals surface area contributed by atoms with Gasteiger partial charge in [-0.3, -0.25) is 9.36 Å². The predicted molar refractivity (Wildman–Crippen MR) is 117 cm³/mol. The van der Waals surface area contributed by atoms with Gasteiger partial charge < -0.3 is 9.47 Å². The van der Waals surface area contributed by atoms with Crippen LogP contribution in [0.1, 0.15) is 11.4 Å². The van der Waals surface area contributed by atoms with Gasteiger partial charge in [-0.1, -0.05) is 40.2 Å². The monoisotopic (exact) mass is 446 g/mol. The number of aromatic nitrogens is 2. The molecule has 29 heavy (non-hydrogen) atoms. The largest absolute Gasteiger partial charge is 0.454 e. The van der Waals surface area contributed by atoms with E-state index in [0.717, 1.165) is 21.5 Å². The number of rotatable bonds is 3. The zero-order valence-corrected chi connectivity index (χ0v) is 16.8. The van der Waals surface area contributed by atoms with Crippen LogP contribution in [0, 0.1) is 0 Å². The van der Waals surface area contributed by atoms with E-state index in [0.29, 0.717) is 22.5 Å². The second-order valence-corrected chi connectivity index (χ2v) is 7.47. The third-order valence-electron chi connectivity index (χ3n) is 4.71. The van der Waals surface area contributed by atoms with Crippen molar-refractivity contribution in [1.29, 1.82) is 0 Å². The van der Waals surface area contributed by atoms with Crippen LogP contribution in [0.5, 0.6) is 11.5 Å². The number of halogens is 1. The zero-order chi connectivity index (χ0) is 19.8. The molecule has 3 aromatic carbocycles. The van der Waals surface area contributed by atoms with Gasteiger partial charge in [0.15, 0.2) is 11.5 Å². The van der Waals surface area contributed by atoms with E-state index >= 15 is 0 Å². The van der Waals surface area contributed by atoms with E-state index in [2.05, 4.69) is 15.9 Å². The molecule has 0 N–H and O–H groups in total. The van der Waals surface area contributed by atoms with Crippen molar-refractivity contribution in [1.82, 2.24) is 9.55 Å². The fourth-order valence-electron chi connectivity index (χ4n) is 3.29. The lowest BCUT2D eigenvalue weighted by Crippen LogP contribution is -2.22. The van der Waals surface area contributed by atoms with Crippen LogP contribution in [-0.4, -0.2) is 16.3 Å². The smallest absolute Gasteiger partial charge is 0.266 e. The summed E-state index contributed by atoms with van der Waals surface area (Å²) >= 11 is 3.44. The lowest BCUT2D eigenvalue weighted by atomic mass is 10.1. The van der Waals surface area contributed by atoms with Crippen LogP contribution in [0.15, 0.2) is 76.0 Å². The van der Waals surface area contributed by atoms with Crippen molar-refractivity contribution in [3.8, 4) is 17.2 Å². The van der Waals surface area contributed by atoms with Crippen LogP contribution in [0.4, 0.5) is 0 Å². The Bertz CT molecular complexity index is 1310. The molecule has 0 saturated carbocycles. The van der Waals surface area contributed by atoms with Crippen molar-refractivity contribution < 1.29 is 9.47 Å². The average molecular weight is 447 g/mol. The third kappa shape index (κ3) is 3.32. The molecule has 0 atom stereocenters. The Kier molecular flexibility index (Phi) is 4.41. The number of hydrogen-bond donors (Lipinski definition) is 0. The highest BCUT2D eigenvalue weighted by molar-refractivity contribution is 9.10. The second-order valence-electron chi connectivity index (χ2n) is 6.55. The zero-order valence-electron chi connectivity index (χ0n) is 15.2. The average Bonchev–Trinajstić information content (AvgIpc) is 3.21. The predicted octanol–water partition coefficient (Wildman–Crippen LogP) is 5.05. The van der Waals surface area contributed by atoms with Crippen LogP contribution in [0.3, 0.4) is 0 Å². The maximum Gasteiger partial charge on any atom is 0.266 e. The van der Waals surface area contributed by atoms with E-state index in [1.807, 2.05) is 72.8 Å². The quantitative estimate of drug-likeness (QED) is 0.441. The molecule has 0 amide bonds. The number of benzene rings is 3. The molecule has 2 heterocycles. The number of hydrogen-bond acceptors (Lipinski definition) is 4. The lowest BCUT2D eigenvalue weighted by Gasteiger charge is -2.11. The Morgan fingerprint density at radius 2 is 1.72 bits per heavy atom. The molecule has 4 aromatic rings. The highest BCUT2D eigenvalue weighted by Crippen LogP contribution is 2.33. The molecule has 0 fully saturated rings. The molecule has 0 spiro atoms. The van der Waals surface area contributed by atoms with Gasteiger partial charge in [-0.25, -0.2) is 4.98 Å². The van der Waals surface area contributed by atoms with Crippen molar-refractivity contribution in [2.75, 3.05) is 6.79 Å². The SMILES string of the molecule is O=c1c2ccccc2nc(/C=C/c2ccc3c(c2)OCO3)n1-c1ccc(Br)cc1. The van der Waals surface area contributed by atoms with Gasteiger partial charge in [0.2, 0.25) is 6.79 Å². The van der Waals surface area contributed by atoms with Crippen molar-refractivity contribution in [2.45, 2.75) is 0 Å². The molecule has 5 nitrogen and oxygen atoms in total. The van der Waals surface area contributed by atoms with E-state index in [9.17, 15) is 4.79 Å². The molecule has 0 saturated heterocycles. The van der Waals surface area contributed by atoms with E-state index in [4.69, 9.17) is 14.5 Å². The van der Waals surface area contributed by atoms with Crippen LogP contribution in [0.2, 0.25) is 0 Å². The van der Waals surface area contributed by atoms with Crippen LogP contribution in [0.25, 0.3) is 28.7 Å². The maximum atomic E-state index is 13.2. The summed E-state index contributed by atoms with van der Waals surface area (Å²) in [4.78, 5) is 18.0. The standard InChI is InChI=1S/C23H15BrN2O3/c24-16-7-9-17(10-8-16)26-22(25-19-4-2-1-3-18(19)23(26)27)12-6-15-5-11-20-21(13-15)29-14-28-20/h1-13H,14H2/b12-6+. The van der Waals surface area contributed by atoms with Gasteiger partial charge in [-0.05, 0) is 60.2 Å². The summed E-state index contributed by atoms with van der Waals surface area (Å²) in [5.41, 5.74) is 2.24. The highest BCUT2D eigenvalue weighted by atomic mass is 79.9. The fourth-order valence-corrected chi connectivity index (χ4v) is 3.55. The highest BCUT2D eigenvalue weighted by Gasteiger charge is 2.13.